The molecule has 1 amide bonds. The van der Waals surface area contributed by atoms with Crippen LogP contribution in [0.5, 0.6) is 5.75 Å². The summed E-state index contributed by atoms with van der Waals surface area (Å²) in [6, 6.07) is 7.50. The van der Waals surface area contributed by atoms with Crippen molar-refractivity contribution in [1.29, 1.82) is 0 Å². The van der Waals surface area contributed by atoms with Crippen LogP contribution in [0.1, 0.15) is 24.2 Å². The number of morpholine rings is 1. The van der Waals surface area contributed by atoms with Gasteiger partial charge in [0.25, 0.3) is 5.91 Å². The highest BCUT2D eigenvalue weighted by Gasteiger charge is 2.17. The van der Waals surface area contributed by atoms with Crippen LogP contribution in [0.15, 0.2) is 24.3 Å². The van der Waals surface area contributed by atoms with E-state index in [1.807, 2.05) is 43.0 Å². The van der Waals surface area contributed by atoms with Gasteiger partial charge in [0, 0.05) is 32.7 Å². The van der Waals surface area contributed by atoms with Gasteiger partial charge in [0.1, 0.15) is 12.4 Å². The molecule has 1 saturated heterocycles. The van der Waals surface area contributed by atoms with Gasteiger partial charge in [-0.1, -0.05) is 12.1 Å². The maximum Gasteiger partial charge on any atom is 0.257 e. The SMILES string of the molecule is CCN(CC)C(=O)c1ccccc1OCCN1CCOCC1. The van der Waals surface area contributed by atoms with Crippen molar-refractivity contribution in [2.75, 3.05) is 52.5 Å². The molecule has 0 radical (unpaired) electrons. The van der Waals surface area contributed by atoms with Gasteiger partial charge in [-0.05, 0) is 26.0 Å². The van der Waals surface area contributed by atoms with Gasteiger partial charge in [0.2, 0.25) is 0 Å². The molecule has 1 aromatic rings. The second-order valence-corrected chi connectivity index (χ2v) is 5.28. The first-order valence-corrected chi connectivity index (χ1v) is 8.07. The molecule has 0 bridgehead atoms. The standard InChI is InChI=1S/C17H26N2O3/c1-3-19(4-2)17(20)15-7-5-6-8-16(15)22-14-11-18-9-12-21-13-10-18/h5-8H,3-4,9-14H2,1-2H3. The summed E-state index contributed by atoms with van der Waals surface area (Å²) in [7, 11) is 0. The third-order valence-electron chi connectivity index (χ3n) is 3.94. The van der Waals surface area contributed by atoms with Crippen molar-refractivity contribution in [2.24, 2.45) is 0 Å². The van der Waals surface area contributed by atoms with Crippen LogP contribution in [0.2, 0.25) is 0 Å². The quantitative estimate of drug-likeness (QED) is 0.771. The van der Waals surface area contributed by atoms with Crippen molar-refractivity contribution in [3.05, 3.63) is 29.8 Å². The Hall–Kier alpha value is -1.59. The van der Waals surface area contributed by atoms with E-state index in [-0.39, 0.29) is 5.91 Å². The first kappa shape index (κ1) is 16.8. The average molecular weight is 306 g/mol. The fraction of sp³-hybridized carbons (Fsp3) is 0.588. The molecule has 22 heavy (non-hydrogen) atoms. The van der Waals surface area contributed by atoms with E-state index in [4.69, 9.17) is 9.47 Å². The molecule has 0 aliphatic carbocycles. The highest BCUT2D eigenvalue weighted by molar-refractivity contribution is 5.96. The number of nitrogens with zero attached hydrogens (tertiary/aromatic N) is 2. The van der Waals surface area contributed by atoms with Crippen molar-refractivity contribution in [1.82, 2.24) is 9.80 Å². The zero-order chi connectivity index (χ0) is 15.8. The van der Waals surface area contributed by atoms with Crippen LogP contribution in [0, 0.1) is 0 Å². The van der Waals surface area contributed by atoms with Crippen molar-refractivity contribution < 1.29 is 14.3 Å². The van der Waals surface area contributed by atoms with Gasteiger partial charge in [-0.2, -0.15) is 0 Å². The largest absolute Gasteiger partial charge is 0.491 e. The van der Waals surface area contributed by atoms with Crippen LogP contribution in [0.3, 0.4) is 0 Å². The number of amides is 1. The summed E-state index contributed by atoms with van der Waals surface area (Å²) in [5.74, 6) is 0.708. The monoisotopic (exact) mass is 306 g/mol. The lowest BCUT2D eigenvalue weighted by Crippen LogP contribution is -2.38. The Kier molecular flexibility index (Phi) is 6.68. The van der Waals surface area contributed by atoms with Gasteiger partial charge in [-0.3, -0.25) is 9.69 Å². The summed E-state index contributed by atoms with van der Waals surface area (Å²) in [5.41, 5.74) is 0.646. The fourth-order valence-electron chi connectivity index (χ4n) is 2.56. The number of hydrogen-bond acceptors (Lipinski definition) is 4. The predicted octanol–water partition coefficient (Wildman–Crippen LogP) is 1.88. The lowest BCUT2D eigenvalue weighted by atomic mass is 10.1. The van der Waals surface area contributed by atoms with Crippen LogP contribution in [-0.2, 0) is 4.74 Å². The minimum absolute atomic E-state index is 0.0342. The summed E-state index contributed by atoms with van der Waals surface area (Å²) in [4.78, 5) is 16.6. The summed E-state index contributed by atoms with van der Waals surface area (Å²) in [5, 5.41) is 0. The lowest BCUT2D eigenvalue weighted by molar-refractivity contribution is 0.0322. The molecule has 0 unspecified atom stereocenters. The number of hydrogen-bond donors (Lipinski definition) is 0. The van der Waals surface area contributed by atoms with E-state index in [1.165, 1.54) is 0 Å². The number of carbonyl (C=O) groups is 1. The van der Waals surface area contributed by atoms with E-state index in [1.54, 1.807) is 0 Å². The van der Waals surface area contributed by atoms with Crippen molar-refractivity contribution in [3.8, 4) is 5.75 Å². The van der Waals surface area contributed by atoms with Gasteiger partial charge in [0.05, 0.1) is 18.8 Å². The molecule has 0 aromatic heterocycles. The minimum Gasteiger partial charge on any atom is -0.491 e. The molecule has 122 valence electrons. The van der Waals surface area contributed by atoms with Gasteiger partial charge in [-0.25, -0.2) is 0 Å². The predicted molar refractivity (Wildman–Crippen MR) is 86.4 cm³/mol. The van der Waals surface area contributed by atoms with Crippen LogP contribution in [-0.4, -0.2) is 68.3 Å². The second kappa shape index (κ2) is 8.76. The fourth-order valence-corrected chi connectivity index (χ4v) is 2.56. The third kappa shape index (κ3) is 4.45. The van der Waals surface area contributed by atoms with E-state index < -0.39 is 0 Å². The molecule has 0 atom stereocenters. The molecule has 2 rings (SSSR count). The Labute approximate surface area is 132 Å². The normalized spacial score (nSPS) is 15.5. The molecule has 0 N–H and O–H groups in total. The number of ether oxygens (including phenoxy) is 2. The smallest absolute Gasteiger partial charge is 0.257 e. The Morgan fingerprint density at radius 1 is 1.23 bits per heavy atom. The highest BCUT2D eigenvalue weighted by Crippen LogP contribution is 2.20. The van der Waals surface area contributed by atoms with Crippen molar-refractivity contribution in [2.45, 2.75) is 13.8 Å². The first-order chi connectivity index (χ1) is 10.8. The van der Waals surface area contributed by atoms with E-state index in [9.17, 15) is 4.79 Å². The maximum absolute atomic E-state index is 12.5. The third-order valence-corrected chi connectivity index (χ3v) is 3.94. The number of rotatable bonds is 7. The molecule has 0 spiro atoms. The molecule has 1 fully saturated rings. The average Bonchev–Trinajstić information content (AvgIpc) is 2.57. The lowest BCUT2D eigenvalue weighted by Gasteiger charge is -2.26. The van der Waals surface area contributed by atoms with Gasteiger partial charge in [0.15, 0.2) is 0 Å². The molecule has 1 aliphatic heterocycles. The van der Waals surface area contributed by atoms with E-state index in [0.717, 1.165) is 32.8 Å². The van der Waals surface area contributed by atoms with E-state index in [0.29, 0.717) is 31.0 Å². The van der Waals surface area contributed by atoms with Crippen molar-refractivity contribution in [3.63, 3.8) is 0 Å². The Morgan fingerprint density at radius 3 is 2.59 bits per heavy atom. The van der Waals surface area contributed by atoms with Crippen LogP contribution in [0.4, 0.5) is 0 Å². The van der Waals surface area contributed by atoms with Crippen LogP contribution >= 0.6 is 0 Å². The maximum atomic E-state index is 12.5. The summed E-state index contributed by atoms with van der Waals surface area (Å²) in [6.45, 7) is 10.3. The second-order valence-electron chi connectivity index (χ2n) is 5.28. The number of benzene rings is 1. The molecule has 1 aromatic carbocycles. The zero-order valence-electron chi connectivity index (χ0n) is 13.6. The van der Waals surface area contributed by atoms with Crippen LogP contribution < -0.4 is 4.74 Å². The topological polar surface area (TPSA) is 42.0 Å². The Bertz CT molecular complexity index is 469. The minimum atomic E-state index is 0.0342. The number of para-hydroxylation sites is 1. The Morgan fingerprint density at radius 2 is 1.91 bits per heavy atom. The molecule has 5 nitrogen and oxygen atoms in total. The Balaban J connectivity index is 1.94. The van der Waals surface area contributed by atoms with Gasteiger partial charge < -0.3 is 14.4 Å². The van der Waals surface area contributed by atoms with Gasteiger partial charge in [-0.15, -0.1) is 0 Å². The summed E-state index contributed by atoms with van der Waals surface area (Å²) >= 11 is 0. The summed E-state index contributed by atoms with van der Waals surface area (Å²) in [6.07, 6.45) is 0. The highest BCUT2D eigenvalue weighted by atomic mass is 16.5. The van der Waals surface area contributed by atoms with E-state index in [2.05, 4.69) is 4.90 Å². The van der Waals surface area contributed by atoms with Crippen LogP contribution in [0.25, 0.3) is 0 Å². The molecule has 1 heterocycles. The molecule has 5 heteroatoms. The van der Waals surface area contributed by atoms with E-state index >= 15 is 0 Å². The molecular weight excluding hydrogens is 280 g/mol. The van der Waals surface area contributed by atoms with Crippen molar-refractivity contribution >= 4 is 5.91 Å². The molecular formula is C17H26N2O3. The zero-order valence-corrected chi connectivity index (χ0v) is 13.6. The molecule has 0 saturated carbocycles. The molecule has 1 aliphatic rings. The number of carbonyl (C=O) groups excluding carboxylic acids is 1. The first-order valence-electron chi connectivity index (χ1n) is 8.07. The summed E-state index contributed by atoms with van der Waals surface area (Å²) < 4.78 is 11.2. The van der Waals surface area contributed by atoms with Gasteiger partial charge >= 0.3 is 0 Å².